The molecule has 0 fully saturated rings. The molecule has 1 aromatic heterocycles. The number of benzene rings is 1. The van der Waals surface area contributed by atoms with Crippen LogP contribution >= 0.6 is 0 Å². The van der Waals surface area contributed by atoms with Crippen LogP contribution in [-0.4, -0.2) is 12.1 Å². The average molecular weight is 252 g/mol. The Morgan fingerprint density at radius 3 is 2.95 bits per heavy atom. The standard InChI is InChI=1S/C17H18NO/c1-3-4-9-15(14-8-7-12-18-13-14)16-10-5-6-11-17(16)19-2/h5-10,12-13H,3-4H2,1-2H3. The Morgan fingerprint density at radius 1 is 1.37 bits per heavy atom. The van der Waals surface area contributed by atoms with E-state index in [1.165, 1.54) is 0 Å². The number of pyridine rings is 1. The highest BCUT2D eigenvalue weighted by atomic mass is 16.5. The number of unbranched alkanes of at least 4 members (excludes halogenated alkanes) is 1. The summed E-state index contributed by atoms with van der Waals surface area (Å²) in [7, 11) is 1.68. The summed E-state index contributed by atoms with van der Waals surface area (Å²) < 4.78 is 5.41. The fourth-order valence-corrected chi connectivity index (χ4v) is 2.00. The highest BCUT2D eigenvalue weighted by Gasteiger charge is 2.10. The van der Waals surface area contributed by atoms with Crippen LogP contribution in [-0.2, 0) is 0 Å². The van der Waals surface area contributed by atoms with Gasteiger partial charge in [0, 0.05) is 29.6 Å². The van der Waals surface area contributed by atoms with Gasteiger partial charge < -0.3 is 4.74 Å². The molecule has 19 heavy (non-hydrogen) atoms. The zero-order valence-corrected chi connectivity index (χ0v) is 11.4. The van der Waals surface area contributed by atoms with E-state index in [4.69, 9.17) is 4.74 Å². The van der Waals surface area contributed by atoms with Gasteiger partial charge in [0.2, 0.25) is 0 Å². The Hall–Kier alpha value is -2.09. The monoisotopic (exact) mass is 252 g/mol. The SMILES string of the molecule is CCCC=C(c1cccnc1)c1ccc[c]c1OC. The minimum Gasteiger partial charge on any atom is -0.495 e. The lowest BCUT2D eigenvalue weighted by atomic mass is 9.97. The van der Waals surface area contributed by atoms with Gasteiger partial charge >= 0.3 is 0 Å². The molecule has 2 nitrogen and oxygen atoms in total. The van der Waals surface area contributed by atoms with Gasteiger partial charge in [-0.15, -0.1) is 0 Å². The van der Waals surface area contributed by atoms with Gasteiger partial charge in [-0.25, -0.2) is 0 Å². The van der Waals surface area contributed by atoms with Gasteiger partial charge in [0.25, 0.3) is 0 Å². The smallest absolute Gasteiger partial charge is 0.134 e. The van der Waals surface area contributed by atoms with Crippen LogP contribution in [0.5, 0.6) is 5.75 Å². The first-order chi connectivity index (χ1) is 9.36. The lowest BCUT2D eigenvalue weighted by Crippen LogP contribution is -1.94. The molecule has 0 spiro atoms. The van der Waals surface area contributed by atoms with Gasteiger partial charge in [-0.1, -0.05) is 43.7 Å². The van der Waals surface area contributed by atoms with Crippen LogP contribution in [0.4, 0.5) is 0 Å². The second-order valence-corrected chi connectivity index (χ2v) is 4.27. The first-order valence-corrected chi connectivity index (χ1v) is 6.52. The highest BCUT2D eigenvalue weighted by molar-refractivity contribution is 5.82. The van der Waals surface area contributed by atoms with Crippen LogP contribution in [0.25, 0.3) is 5.57 Å². The number of para-hydroxylation sites is 1. The molecular formula is C17H18NO. The number of nitrogens with zero attached hydrogens (tertiary/aromatic N) is 1. The molecule has 0 aliphatic heterocycles. The van der Waals surface area contributed by atoms with Crippen molar-refractivity contribution >= 4 is 5.57 Å². The van der Waals surface area contributed by atoms with Crippen LogP contribution in [0.15, 0.2) is 48.8 Å². The quantitative estimate of drug-likeness (QED) is 0.798. The highest BCUT2D eigenvalue weighted by Crippen LogP contribution is 2.30. The first kappa shape index (κ1) is 13.3. The van der Waals surface area contributed by atoms with Crippen LogP contribution in [0.3, 0.4) is 0 Å². The molecule has 2 aromatic rings. The van der Waals surface area contributed by atoms with Crippen LogP contribution in [0.1, 0.15) is 30.9 Å². The van der Waals surface area contributed by atoms with Gasteiger partial charge in [-0.3, -0.25) is 4.98 Å². The van der Waals surface area contributed by atoms with Crippen molar-refractivity contribution in [3.63, 3.8) is 0 Å². The topological polar surface area (TPSA) is 22.1 Å². The minimum absolute atomic E-state index is 0.772. The number of aromatic nitrogens is 1. The summed E-state index contributed by atoms with van der Waals surface area (Å²) in [5.74, 6) is 0.772. The van der Waals surface area contributed by atoms with E-state index < -0.39 is 0 Å². The van der Waals surface area contributed by atoms with Crippen molar-refractivity contribution in [1.29, 1.82) is 0 Å². The number of hydrogen-bond donors (Lipinski definition) is 0. The molecule has 2 rings (SSSR count). The third-order valence-corrected chi connectivity index (χ3v) is 2.92. The molecule has 1 aromatic carbocycles. The Kier molecular flexibility index (Phi) is 4.73. The van der Waals surface area contributed by atoms with Crippen LogP contribution in [0.2, 0.25) is 0 Å². The summed E-state index contributed by atoms with van der Waals surface area (Å²) >= 11 is 0. The van der Waals surface area contributed by atoms with E-state index in [2.05, 4.69) is 36.2 Å². The third-order valence-electron chi connectivity index (χ3n) is 2.92. The summed E-state index contributed by atoms with van der Waals surface area (Å²) in [5.41, 5.74) is 3.32. The fraction of sp³-hybridized carbons (Fsp3) is 0.235. The fourth-order valence-electron chi connectivity index (χ4n) is 2.00. The largest absolute Gasteiger partial charge is 0.495 e. The van der Waals surface area contributed by atoms with Crippen molar-refractivity contribution in [2.45, 2.75) is 19.8 Å². The third kappa shape index (κ3) is 3.22. The van der Waals surface area contributed by atoms with E-state index in [1.54, 1.807) is 13.3 Å². The van der Waals surface area contributed by atoms with Gasteiger partial charge in [-0.2, -0.15) is 0 Å². The maximum Gasteiger partial charge on any atom is 0.134 e. The van der Waals surface area contributed by atoms with Crippen LogP contribution in [0, 0.1) is 6.07 Å². The molecule has 1 radical (unpaired) electrons. The van der Waals surface area contributed by atoms with Crippen molar-refractivity contribution < 1.29 is 4.74 Å². The van der Waals surface area contributed by atoms with E-state index in [9.17, 15) is 0 Å². The van der Waals surface area contributed by atoms with E-state index in [-0.39, 0.29) is 0 Å². The summed E-state index contributed by atoms with van der Waals surface area (Å²) in [6, 6.07) is 13.1. The number of allylic oxidation sites excluding steroid dienone is 1. The predicted octanol–water partition coefficient (Wildman–Crippen LogP) is 4.12. The molecule has 97 valence electrons. The van der Waals surface area contributed by atoms with Crippen molar-refractivity contribution in [1.82, 2.24) is 4.98 Å². The summed E-state index contributed by atoms with van der Waals surface area (Å²) in [5, 5.41) is 0. The van der Waals surface area contributed by atoms with Crippen molar-refractivity contribution in [2.75, 3.05) is 7.11 Å². The number of hydrogen-bond acceptors (Lipinski definition) is 2. The normalized spacial score (nSPS) is 11.4. The Bertz CT molecular complexity index is 546. The molecule has 0 atom stereocenters. The lowest BCUT2D eigenvalue weighted by Gasteiger charge is -2.12. The Morgan fingerprint density at radius 2 is 2.26 bits per heavy atom. The van der Waals surface area contributed by atoms with E-state index in [0.717, 1.165) is 35.3 Å². The van der Waals surface area contributed by atoms with Gasteiger partial charge in [0.1, 0.15) is 5.75 Å². The van der Waals surface area contributed by atoms with E-state index in [0.29, 0.717) is 0 Å². The molecular weight excluding hydrogens is 234 g/mol. The van der Waals surface area contributed by atoms with E-state index in [1.807, 2.05) is 24.4 Å². The zero-order valence-electron chi connectivity index (χ0n) is 11.4. The van der Waals surface area contributed by atoms with Gasteiger partial charge in [0.05, 0.1) is 7.11 Å². The molecule has 0 amide bonds. The molecule has 2 heteroatoms. The number of rotatable bonds is 5. The number of ether oxygens (including phenoxy) is 1. The van der Waals surface area contributed by atoms with Gasteiger partial charge in [0.15, 0.2) is 0 Å². The molecule has 0 aliphatic rings. The second kappa shape index (κ2) is 6.74. The first-order valence-electron chi connectivity index (χ1n) is 6.52. The van der Waals surface area contributed by atoms with Crippen molar-refractivity contribution in [3.8, 4) is 5.75 Å². The molecule has 0 saturated heterocycles. The maximum absolute atomic E-state index is 5.41. The summed E-state index contributed by atoms with van der Waals surface area (Å²) in [6.45, 7) is 2.17. The lowest BCUT2D eigenvalue weighted by molar-refractivity contribution is 0.412. The molecule has 0 unspecified atom stereocenters. The summed E-state index contributed by atoms with van der Waals surface area (Å²) in [6.07, 6.45) is 8.05. The average Bonchev–Trinajstić information content (AvgIpc) is 2.49. The minimum atomic E-state index is 0.772. The Balaban J connectivity index is 2.50. The second-order valence-electron chi connectivity index (χ2n) is 4.27. The molecule has 1 heterocycles. The van der Waals surface area contributed by atoms with Gasteiger partial charge in [-0.05, 0) is 18.1 Å². The Labute approximate surface area is 114 Å². The molecule has 0 aliphatic carbocycles. The zero-order chi connectivity index (χ0) is 13.5. The number of methoxy groups -OCH3 is 1. The van der Waals surface area contributed by atoms with Crippen molar-refractivity contribution in [2.24, 2.45) is 0 Å². The summed E-state index contributed by atoms with van der Waals surface area (Å²) in [4.78, 5) is 4.20. The molecule has 0 bridgehead atoms. The van der Waals surface area contributed by atoms with Crippen molar-refractivity contribution in [3.05, 3.63) is 66.0 Å². The predicted molar refractivity (Wildman–Crippen MR) is 78.1 cm³/mol. The van der Waals surface area contributed by atoms with E-state index >= 15 is 0 Å². The maximum atomic E-state index is 5.41. The van der Waals surface area contributed by atoms with Crippen LogP contribution < -0.4 is 4.74 Å². The molecule has 0 saturated carbocycles. The molecule has 0 N–H and O–H groups in total.